The molecule has 1 N–H and O–H groups in total. The number of aromatic nitrogens is 1. The van der Waals surface area contributed by atoms with Crippen LogP contribution in [0.1, 0.15) is 45.4 Å². The van der Waals surface area contributed by atoms with Crippen molar-refractivity contribution in [2.24, 2.45) is 16.8 Å². The molecule has 0 unspecified atom stereocenters. The number of fused-ring (bicyclic) bond motifs is 3. The van der Waals surface area contributed by atoms with Gasteiger partial charge in [0.25, 0.3) is 0 Å². The van der Waals surface area contributed by atoms with Crippen molar-refractivity contribution in [1.82, 2.24) is 4.98 Å². The number of methoxy groups -OCH3 is 2. The maximum absolute atomic E-state index is 13.2. The molecule has 54 heavy (non-hydrogen) atoms. The Hall–Kier alpha value is -5.55. The first-order chi connectivity index (χ1) is 25.8. The molecule has 0 spiro atoms. The molecule has 0 amide bonds. The molecule has 1 aromatic carbocycles. The number of para-hydroxylation sites is 1. The van der Waals surface area contributed by atoms with Crippen molar-refractivity contribution in [3.8, 4) is 0 Å². The number of aliphatic imine (C=N–C) groups is 1. The molecule has 5 rings (SSSR count). The molecule has 4 heterocycles. The van der Waals surface area contributed by atoms with Crippen LogP contribution in [0.2, 0.25) is 0 Å². The summed E-state index contributed by atoms with van der Waals surface area (Å²) >= 11 is 0. The zero-order valence-corrected chi connectivity index (χ0v) is 30.6. The minimum Gasteiger partial charge on any atom is -0.471 e. The third kappa shape index (κ3) is 8.63. The normalized spacial score (nSPS) is 27.5. The highest BCUT2D eigenvalue weighted by molar-refractivity contribution is 6.08. The summed E-state index contributed by atoms with van der Waals surface area (Å²) in [5.74, 6) is -6.04. The SMILES string of the molecule is C=C[C@H]1[C@H](O[C@@H]2O[C@H](COC(C)=O)[C@@H](OC(C)=O)[C@H](OC(C)=O)[C@H]2OC(C)=O)OC=C(C(=O)OC)[C@H]1CC1=N[C@@H](C(=O)OC)Cc2c1[nH]c1ccccc21. The molecule has 1 aromatic heterocycles. The number of hydrogen-bond acceptors (Lipinski definition) is 16. The Morgan fingerprint density at radius 2 is 1.56 bits per heavy atom. The third-order valence-corrected chi connectivity index (χ3v) is 9.12. The molecule has 1 saturated heterocycles. The van der Waals surface area contributed by atoms with Gasteiger partial charge in [-0.05, 0) is 18.1 Å². The van der Waals surface area contributed by atoms with E-state index in [1.165, 1.54) is 26.6 Å². The standard InChI is InChI=1S/C37H42N2O15/c1-8-21-23(13-27-30-24(14-28(38-27)35(45)47-7)22-11-9-10-12-26(22)39-30)25(34(44)46-6)15-49-36(21)54-37-33(52-20(5)43)32(51-19(4)42)31(50-18(3)41)29(53-37)16-48-17(2)40/h8-12,15,21,23,28-29,31-33,36-37,39H,1,13-14,16H2,2-7H3/t21-,23+,28-,29-,31-,32+,33-,36+,37+/m1/s1. The van der Waals surface area contributed by atoms with Gasteiger partial charge in [-0.2, -0.15) is 0 Å². The Labute approximate surface area is 309 Å². The second kappa shape index (κ2) is 17.1. The molecule has 3 aliphatic heterocycles. The van der Waals surface area contributed by atoms with Crippen LogP contribution in [-0.2, 0) is 77.8 Å². The van der Waals surface area contributed by atoms with Crippen molar-refractivity contribution in [2.45, 2.75) is 83.6 Å². The van der Waals surface area contributed by atoms with E-state index in [1.807, 2.05) is 24.3 Å². The summed E-state index contributed by atoms with van der Waals surface area (Å²) in [5.41, 5.74) is 2.90. The second-order valence-electron chi connectivity index (χ2n) is 12.7. The number of hydrogen-bond donors (Lipinski definition) is 1. The molecule has 0 radical (unpaired) electrons. The smallest absolute Gasteiger partial charge is 0.337 e. The fourth-order valence-electron chi connectivity index (χ4n) is 6.89. The van der Waals surface area contributed by atoms with E-state index in [0.717, 1.165) is 44.2 Å². The van der Waals surface area contributed by atoms with Crippen LogP contribution < -0.4 is 0 Å². The van der Waals surface area contributed by atoms with E-state index < -0.39 is 97.3 Å². The number of ether oxygens (including phenoxy) is 9. The topological polar surface area (TPSA) is 214 Å². The van der Waals surface area contributed by atoms with Crippen LogP contribution in [0.15, 0.2) is 53.7 Å². The molecule has 17 nitrogen and oxygen atoms in total. The molecule has 2 aromatic rings. The number of H-pyrrole nitrogens is 1. The van der Waals surface area contributed by atoms with E-state index in [1.54, 1.807) is 0 Å². The second-order valence-corrected chi connectivity index (χ2v) is 12.7. The van der Waals surface area contributed by atoms with Crippen molar-refractivity contribution in [3.05, 3.63) is 60.0 Å². The molecule has 17 heteroatoms. The van der Waals surface area contributed by atoms with Gasteiger partial charge in [-0.25, -0.2) is 9.59 Å². The van der Waals surface area contributed by atoms with Gasteiger partial charge in [-0.3, -0.25) is 24.2 Å². The number of rotatable bonds is 12. The van der Waals surface area contributed by atoms with Gasteiger partial charge in [0, 0.05) is 56.9 Å². The van der Waals surface area contributed by atoms with Crippen molar-refractivity contribution in [1.29, 1.82) is 0 Å². The van der Waals surface area contributed by atoms with Crippen molar-refractivity contribution < 1.29 is 71.4 Å². The quantitative estimate of drug-likeness (QED) is 0.187. The Bertz CT molecular complexity index is 1860. The first-order valence-corrected chi connectivity index (χ1v) is 17.0. The van der Waals surface area contributed by atoms with Crippen LogP contribution in [0, 0.1) is 11.8 Å². The minimum atomic E-state index is -1.59. The summed E-state index contributed by atoms with van der Waals surface area (Å²) in [6.45, 7) is 7.97. The van der Waals surface area contributed by atoms with E-state index in [2.05, 4.69) is 11.6 Å². The van der Waals surface area contributed by atoms with Crippen LogP contribution in [0.25, 0.3) is 10.9 Å². The molecule has 9 atom stereocenters. The summed E-state index contributed by atoms with van der Waals surface area (Å²) in [7, 11) is 2.49. The zero-order chi connectivity index (χ0) is 39.3. The molecule has 0 aliphatic carbocycles. The highest BCUT2D eigenvalue weighted by Crippen LogP contribution is 2.40. The molecule has 0 bridgehead atoms. The lowest BCUT2D eigenvalue weighted by Gasteiger charge is -2.46. The van der Waals surface area contributed by atoms with Crippen molar-refractivity contribution in [2.75, 3.05) is 20.8 Å². The predicted octanol–water partition coefficient (Wildman–Crippen LogP) is 2.38. The number of esters is 6. The Morgan fingerprint density at radius 3 is 2.19 bits per heavy atom. The van der Waals surface area contributed by atoms with Gasteiger partial charge in [-0.15, -0.1) is 6.58 Å². The fraction of sp³-hybridized carbons (Fsp3) is 0.486. The van der Waals surface area contributed by atoms with Gasteiger partial charge in [0.05, 0.1) is 37.5 Å². The molecule has 0 saturated carbocycles. The van der Waals surface area contributed by atoms with Gasteiger partial charge < -0.3 is 47.6 Å². The number of aromatic amines is 1. The summed E-state index contributed by atoms with van der Waals surface area (Å²) in [5, 5.41) is 0.898. The number of nitrogens with one attached hydrogen (secondary N) is 1. The maximum atomic E-state index is 13.2. The van der Waals surface area contributed by atoms with E-state index in [0.29, 0.717) is 11.4 Å². The monoisotopic (exact) mass is 754 g/mol. The average Bonchev–Trinajstić information content (AvgIpc) is 3.51. The lowest BCUT2D eigenvalue weighted by atomic mass is 9.79. The Balaban J connectivity index is 1.54. The predicted molar refractivity (Wildman–Crippen MR) is 184 cm³/mol. The summed E-state index contributed by atoms with van der Waals surface area (Å²) in [6, 6.07) is 6.72. The van der Waals surface area contributed by atoms with E-state index >= 15 is 0 Å². The number of carbonyl (C=O) groups excluding carboxylic acids is 6. The average molecular weight is 755 g/mol. The van der Waals surface area contributed by atoms with E-state index in [-0.39, 0.29) is 18.4 Å². The van der Waals surface area contributed by atoms with Gasteiger partial charge in [0.2, 0.25) is 12.6 Å². The van der Waals surface area contributed by atoms with Gasteiger partial charge >= 0.3 is 35.8 Å². The molecule has 290 valence electrons. The van der Waals surface area contributed by atoms with Crippen LogP contribution in [0.5, 0.6) is 0 Å². The maximum Gasteiger partial charge on any atom is 0.337 e. The first-order valence-electron chi connectivity index (χ1n) is 17.0. The number of nitrogens with zero attached hydrogens (tertiary/aromatic N) is 1. The van der Waals surface area contributed by atoms with Crippen LogP contribution >= 0.6 is 0 Å². The van der Waals surface area contributed by atoms with Gasteiger partial charge in [0.1, 0.15) is 12.7 Å². The van der Waals surface area contributed by atoms with Gasteiger partial charge in [0.15, 0.2) is 24.4 Å². The summed E-state index contributed by atoms with van der Waals surface area (Å²) in [6.07, 6.45) is -5.65. The van der Waals surface area contributed by atoms with Gasteiger partial charge in [-0.1, -0.05) is 24.3 Å². The van der Waals surface area contributed by atoms with E-state index in [4.69, 9.17) is 47.6 Å². The van der Waals surface area contributed by atoms with Crippen LogP contribution in [-0.4, -0.2) is 110 Å². The van der Waals surface area contributed by atoms with Crippen molar-refractivity contribution >= 4 is 52.4 Å². The Morgan fingerprint density at radius 1 is 0.889 bits per heavy atom. The molecular formula is C37H42N2O15. The zero-order valence-electron chi connectivity index (χ0n) is 30.6. The largest absolute Gasteiger partial charge is 0.471 e. The highest BCUT2D eigenvalue weighted by atomic mass is 16.8. The van der Waals surface area contributed by atoms with Crippen LogP contribution in [0.3, 0.4) is 0 Å². The van der Waals surface area contributed by atoms with Crippen LogP contribution in [0.4, 0.5) is 0 Å². The number of benzene rings is 1. The molecule has 1 fully saturated rings. The fourth-order valence-corrected chi connectivity index (χ4v) is 6.89. The lowest BCUT2D eigenvalue weighted by Crippen LogP contribution is -2.63. The van der Waals surface area contributed by atoms with Crippen molar-refractivity contribution in [3.63, 3.8) is 0 Å². The first kappa shape index (κ1) is 39.7. The Kier molecular flexibility index (Phi) is 12.5. The molecular weight excluding hydrogens is 712 g/mol. The lowest BCUT2D eigenvalue weighted by molar-refractivity contribution is -0.342. The highest BCUT2D eigenvalue weighted by Gasteiger charge is 2.54. The number of carbonyl (C=O) groups is 6. The summed E-state index contributed by atoms with van der Waals surface area (Å²) < 4.78 is 50.3. The minimum absolute atomic E-state index is 0.0483. The summed E-state index contributed by atoms with van der Waals surface area (Å²) in [4.78, 5) is 82.9. The molecule has 3 aliphatic rings. The van der Waals surface area contributed by atoms with E-state index in [9.17, 15) is 28.8 Å². The third-order valence-electron chi connectivity index (χ3n) is 9.12.